The van der Waals surface area contributed by atoms with E-state index in [1.807, 2.05) is 19.9 Å². The van der Waals surface area contributed by atoms with E-state index in [9.17, 15) is 14.7 Å². The molecule has 7 heteroatoms. The Morgan fingerprint density at radius 2 is 2.03 bits per heavy atom. The lowest BCUT2D eigenvalue weighted by atomic mass is 10.0. The number of carbonyl (C=O) groups excluding carboxylic acids is 2. The Hall–Kier alpha value is -3.09. The van der Waals surface area contributed by atoms with Gasteiger partial charge in [-0.2, -0.15) is 9.78 Å². The van der Waals surface area contributed by atoms with Gasteiger partial charge >= 0.3 is 6.03 Å². The molecule has 160 valence electrons. The van der Waals surface area contributed by atoms with Gasteiger partial charge in [-0.3, -0.25) is 4.79 Å². The predicted molar refractivity (Wildman–Crippen MR) is 118 cm³/mol. The van der Waals surface area contributed by atoms with Crippen molar-refractivity contribution in [2.75, 3.05) is 11.9 Å². The summed E-state index contributed by atoms with van der Waals surface area (Å²) >= 11 is 0. The van der Waals surface area contributed by atoms with E-state index in [1.165, 1.54) is 10.7 Å². The largest absolute Gasteiger partial charge is 0.507 e. The minimum Gasteiger partial charge on any atom is -0.507 e. The van der Waals surface area contributed by atoms with Crippen LogP contribution in [-0.2, 0) is 4.79 Å². The molecule has 0 radical (unpaired) electrons. The van der Waals surface area contributed by atoms with E-state index >= 15 is 0 Å². The van der Waals surface area contributed by atoms with Crippen molar-refractivity contribution < 1.29 is 14.7 Å². The molecule has 1 aromatic carbocycles. The Labute approximate surface area is 177 Å². The zero-order valence-electron chi connectivity index (χ0n) is 17.6. The number of anilines is 1. The lowest BCUT2D eigenvalue weighted by Crippen LogP contribution is -2.31. The Kier molecular flexibility index (Phi) is 6.92. The van der Waals surface area contributed by atoms with E-state index in [0.29, 0.717) is 29.9 Å². The molecule has 0 spiro atoms. The van der Waals surface area contributed by atoms with Gasteiger partial charge in [0.2, 0.25) is 5.91 Å². The monoisotopic (exact) mass is 410 g/mol. The third kappa shape index (κ3) is 5.09. The van der Waals surface area contributed by atoms with Gasteiger partial charge < -0.3 is 15.7 Å². The van der Waals surface area contributed by atoms with Crippen molar-refractivity contribution in [1.82, 2.24) is 15.1 Å². The normalized spacial score (nSPS) is 14.1. The molecule has 1 fully saturated rings. The summed E-state index contributed by atoms with van der Waals surface area (Å²) in [6.07, 6.45) is 6.34. The van der Waals surface area contributed by atoms with Gasteiger partial charge in [-0.05, 0) is 37.0 Å². The molecule has 0 unspecified atom stereocenters. The average Bonchev–Trinajstić information content (AvgIpc) is 3.35. The first kappa shape index (κ1) is 21.6. The molecular weight excluding hydrogens is 380 g/mol. The smallest absolute Gasteiger partial charge is 0.342 e. The van der Waals surface area contributed by atoms with Crippen LogP contribution < -0.4 is 10.6 Å². The van der Waals surface area contributed by atoms with Crippen LogP contribution in [0.5, 0.6) is 5.75 Å². The number of amides is 2. The molecule has 1 heterocycles. The van der Waals surface area contributed by atoms with Crippen LogP contribution in [0.25, 0.3) is 11.3 Å². The lowest BCUT2D eigenvalue weighted by Gasteiger charge is -2.11. The minimum atomic E-state index is -0.305. The summed E-state index contributed by atoms with van der Waals surface area (Å²) in [6, 6.07) is 6.54. The highest BCUT2D eigenvalue weighted by molar-refractivity contribution is 5.91. The molecule has 1 aliphatic rings. The van der Waals surface area contributed by atoms with E-state index in [4.69, 9.17) is 0 Å². The van der Waals surface area contributed by atoms with Crippen molar-refractivity contribution in [3.63, 3.8) is 0 Å². The van der Waals surface area contributed by atoms with E-state index < -0.39 is 0 Å². The molecule has 2 aromatic rings. The second-order valence-corrected chi connectivity index (χ2v) is 8.20. The van der Waals surface area contributed by atoms with Gasteiger partial charge in [-0.15, -0.1) is 6.58 Å². The van der Waals surface area contributed by atoms with E-state index in [2.05, 4.69) is 22.3 Å². The topological polar surface area (TPSA) is 96.3 Å². The fourth-order valence-corrected chi connectivity index (χ4v) is 3.85. The highest BCUT2D eigenvalue weighted by Crippen LogP contribution is 2.37. The molecule has 1 aromatic heterocycles. The second kappa shape index (κ2) is 9.61. The molecule has 0 atom stereocenters. The third-order valence-corrected chi connectivity index (χ3v) is 5.25. The van der Waals surface area contributed by atoms with E-state index in [0.717, 1.165) is 31.4 Å². The summed E-state index contributed by atoms with van der Waals surface area (Å²) in [6.45, 7) is 7.93. The van der Waals surface area contributed by atoms with Crippen molar-refractivity contribution in [1.29, 1.82) is 0 Å². The molecule has 0 aliphatic heterocycles. The van der Waals surface area contributed by atoms with Gasteiger partial charge in [0.05, 0.1) is 11.4 Å². The predicted octanol–water partition coefficient (Wildman–Crippen LogP) is 4.64. The first-order valence-electron chi connectivity index (χ1n) is 10.5. The van der Waals surface area contributed by atoms with Crippen molar-refractivity contribution in [2.45, 2.75) is 51.9 Å². The second-order valence-electron chi connectivity index (χ2n) is 8.20. The van der Waals surface area contributed by atoms with Gasteiger partial charge in [0.1, 0.15) is 5.75 Å². The number of nitrogens with one attached hydrogen (secondary N) is 2. The summed E-state index contributed by atoms with van der Waals surface area (Å²) in [5.41, 5.74) is 2.44. The van der Waals surface area contributed by atoms with Crippen molar-refractivity contribution >= 4 is 17.6 Å². The van der Waals surface area contributed by atoms with Gasteiger partial charge in [0.15, 0.2) is 0 Å². The Balaban J connectivity index is 1.88. The molecule has 0 bridgehead atoms. The van der Waals surface area contributed by atoms with Crippen LogP contribution in [0.4, 0.5) is 10.5 Å². The maximum Gasteiger partial charge on any atom is 0.342 e. The fourth-order valence-electron chi connectivity index (χ4n) is 3.85. The Bertz CT molecular complexity index is 927. The Morgan fingerprint density at radius 1 is 1.30 bits per heavy atom. The van der Waals surface area contributed by atoms with Gasteiger partial charge in [0, 0.05) is 36.2 Å². The fraction of sp³-hybridized carbons (Fsp3) is 0.435. The summed E-state index contributed by atoms with van der Waals surface area (Å²) in [4.78, 5) is 24.6. The average molecular weight is 411 g/mol. The van der Waals surface area contributed by atoms with Gasteiger partial charge in [-0.25, -0.2) is 4.79 Å². The summed E-state index contributed by atoms with van der Waals surface area (Å²) in [7, 11) is 0. The number of phenols is 1. The summed E-state index contributed by atoms with van der Waals surface area (Å²) < 4.78 is 1.41. The molecule has 2 amide bonds. The molecular formula is C23H30N4O3. The summed E-state index contributed by atoms with van der Waals surface area (Å²) in [5, 5.41) is 20.6. The zero-order chi connectivity index (χ0) is 21.7. The van der Waals surface area contributed by atoms with Crippen molar-refractivity contribution in [2.24, 2.45) is 5.92 Å². The van der Waals surface area contributed by atoms with Crippen LogP contribution >= 0.6 is 0 Å². The highest BCUT2D eigenvalue weighted by atomic mass is 16.3. The molecule has 1 saturated carbocycles. The van der Waals surface area contributed by atoms with Crippen LogP contribution in [-0.4, -0.2) is 33.4 Å². The number of benzene rings is 1. The number of hydrogen-bond acceptors (Lipinski definition) is 4. The SMILES string of the molecule is C=CCNC(=O)n1nc(-c2ccc(NC(=O)CC(C)C)cc2O)cc1C1CCCC1. The molecule has 3 N–H and O–H groups in total. The van der Waals surface area contributed by atoms with E-state index in [-0.39, 0.29) is 29.5 Å². The standard InChI is InChI=1S/C23H30N4O3/c1-4-11-24-23(30)27-20(16-7-5-6-8-16)14-19(26-27)18-10-9-17(13-21(18)28)25-22(29)12-15(2)3/h4,9-10,13-16,28H,1,5-8,11-12H2,2-3H3,(H,24,30)(H,25,29). The number of hydrogen-bond donors (Lipinski definition) is 3. The highest BCUT2D eigenvalue weighted by Gasteiger charge is 2.25. The zero-order valence-corrected chi connectivity index (χ0v) is 17.6. The third-order valence-electron chi connectivity index (χ3n) is 5.25. The first-order valence-corrected chi connectivity index (χ1v) is 10.5. The van der Waals surface area contributed by atoms with Gasteiger partial charge in [0.25, 0.3) is 0 Å². The molecule has 30 heavy (non-hydrogen) atoms. The molecule has 3 rings (SSSR count). The number of rotatable bonds is 7. The summed E-state index contributed by atoms with van der Waals surface area (Å²) in [5.74, 6) is 0.441. The van der Waals surface area contributed by atoms with Crippen molar-refractivity contribution in [3.8, 4) is 17.0 Å². The lowest BCUT2D eigenvalue weighted by molar-refractivity contribution is -0.116. The number of nitrogens with zero attached hydrogens (tertiary/aromatic N) is 2. The number of aromatic hydroxyl groups is 1. The van der Waals surface area contributed by atoms with Crippen molar-refractivity contribution in [3.05, 3.63) is 42.6 Å². The van der Waals surface area contributed by atoms with Crippen LogP contribution in [0.3, 0.4) is 0 Å². The van der Waals surface area contributed by atoms with Crippen LogP contribution in [0.15, 0.2) is 36.9 Å². The van der Waals surface area contributed by atoms with Crippen LogP contribution in [0.2, 0.25) is 0 Å². The maximum absolute atomic E-state index is 12.6. The molecule has 0 saturated heterocycles. The first-order chi connectivity index (χ1) is 14.4. The molecule has 1 aliphatic carbocycles. The Morgan fingerprint density at radius 3 is 2.67 bits per heavy atom. The van der Waals surface area contributed by atoms with Gasteiger partial charge in [-0.1, -0.05) is 32.8 Å². The van der Waals surface area contributed by atoms with Crippen LogP contribution in [0, 0.1) is 5.92 Å². The number of aromatic nitrogens is 2. The number of carbonyl (C=O) groups is 2. The maximum atomic E-state index is 12.6. The van der Waals surface area contributed by atoms with E-state index in [1.54, 1.807) is 18.2 Å². The minimum absolute atomic E-state index is 0.00599. The van der Waals surface area contributed by atoms with Crippen LogP contribution in [0.1, 0.15) is 57.6 Å². The quantitative estimate of drug-likeness (QED) is 0.579. The number of phenolic OH excluding ortho intramolecular Hbond substituents is 1. The molecule has 7 nitrogen and oxygen atoms in total.